The molecule has 0 bridgehead atoms. The lowest BCUT2D eigenvalue weighted by Crippen LogP contribution is -2.34. The summed E-state index contributed by atoms with van der Waals surface area (Å²) in [5.74, 6) is -0.684. The fourth-order valence-electron chi connectivity index (χ4n) is 2.46. The van der Waals surface area contributed by atoms with Gasteiger partial charge in [-0.2, -0.15) is 5.10 Å². The van der Waals surface area contributed by atoms with Gasteiger partial charge < -0.3 is 10.3 Å². The number of H-pyrrole nitrogens is 1. The number of fused-ring (bicyclic) bond motifs is 1. The van der Waals surface area contributed by atoms with Gasteiger partial charge in [0.2, 0.25) is 0 Å². The first kappa shape index (κ1) is 16.4. The topological polar surface area (TPSA) is 86.3 Å². The second kappa shape index (κ2) is 7.44. The molecule has 0 aliphatic rings. The maximum atomic E-state index is 12.0. The molecule has 0 aliphatic heterocycles. The van der Waals surface area contributed by atoms with Crippen LogP contribution in [0, 0.1) is 6.92 Å². The highest BCUT2D eigenvalue weighted by Gasteiger charge is 2.07. The molecule has 0 radical (unpaired) electrons. The molecule has 126 valence electrons. The number of hydrogen-bond donors (Lipinski definition) is 3. The van der Waals surface area contributed by atoms with E-state index in [1.54, 1.807) is 24.4 Å². The molecular formula is C19H18N4O2. The molecule has 0 spiro atoms. The lowest BCUT2D eigenvalue weighted by molar-refractivity contribution is -0.120. The number of nitrogens with one attached hydrogen (secondary N) is 3. The van der Waals surface area contributed by atoms with Crippen molar-refractivity contribution in [2.75, 3.05) is 6.54 Å². The van der Waals surface area contributed by atoms with E-state index in [1.165, 1.54) is 0 Å². The van der Waals surface area contributed by atoms with Gasteiger partial charge in [-0.05, 0) is 25.1 Å². The monoisotopic (exact) mass is 334 g/mol. The summed E-state index contributed by atoms with van der Waals surface area (Å²) in [5.41, 5.74) is 5.79. The van der Waals surface area contributed by atoms with Crippen LogP contribution in [-0.2, 0) is 4.79 Å². The molecule has 0 saturated carbocycles. The first-order chi connectivity index (χ1) is 12.1. The third kappa shape index (κ3) is 4.11. The van der Waals surface area contributed by atoms with Crippen molar-refractivity contribution >= 4 is 28.9 Å². The van der Waals surface area contributed by atoms with Gasteiger partial charge in [0.1, 0.15) is 0 Å². The summed E-state index contributed by atoms with van der Waals surface area (Å²) in [6.07, 6.45) is 3.39. The van der Waals surface area contributed by atoms with Crippen molar-refractivity contribution in [3.05, 3.63) is 71.4 Å². The predicted octanol–water partition coefficient (Wildman–Crippen LogP) is 2.36. The minimum absolute atomic E-state index is 0.141. The number of amides is 2. The van der Waals surface area contributed by atoms with Crippen LogP contribution in [0.5, 0.6) is 0 Å². The van der Waals surface area contributed by atoms with Crippen LogP contribution >= 0.6 is 0 Å². The third-order valence-electron chi connectivity index (χ3n) is 3.70. The molecule has 0 atom stereocenters. The quantitative estimate of drug-likeness (QED) is 0.494. The Morgan fingerprint density at radius 2 is 2.00 bits per heavy atom. The second-order valence-corrected chi connectivity index (χ2v) is 5.63. The van der Waals surface area contributed by atoms with Crippen molar-refractivity contribution in [2.45, 2.75) is 6.92 Å². The number of para-hydroxylation sites is 1. The fraction of sp³-hybridized carbons (Fsp3) is 0.105. The molecule has 25 heavy (non-hydrogen) atoms. The Hall–Kier alpha value is -3.41. The highest BCUT2D eigenvalue weighted by molar-refractivity contribution is 5.99. The number of aromatic amines is 1. The summed E-state index contributed by atoms with van der Waals surface area (Å²) < 4.78 is 0. The van der Waals surface area contributed by atoms with E-state index in [-0.39, 0.29) is 12.5 Å². The Balaban J connectivity index is 1.52. The van der Waals surface area contributed by atoms with Crippen LogP contribution in [0.3, 0.4) is 0 Å². The minimum atomic E-state index is -0.392. The van der Waals surface area contributed by atoms with Crippen molar-refractivity contribution in [1.82, 2.24) is 15.7 Å². The van der Waals surface area contributed by atoms with Crippen molar-refractivity contribution in [2.24, 2.45) is 5.10 Å². The maximum absolute atomic E-state index is 12.0. The highest BCUT2D eigenvalue weighted by Crippen LogP contribution is 2.15. The Morgan fingerprint density at radius 1 is 1.16 bits per heavy atom. The zero-order valence-corrected chi connectivity index (χ0v) is 13.7. The lowest BCUT2D eigenvalue weighted by Gasteiger charge is -2.04. The summed E-state index contributed by atoms with van der Waals surface area (Å²) in [4.78, 5) is 26.9. The zero-order valence-electron chi connectivity index (χ0n) is 13.7. The normalized spacial score (nSPS) is 10.9. The van der Waals surface area contributed by atoms with Gasteiger partial charge in [-0.15, -0.1) is 0 Å². The summed E-state index contributed by atoms with van der Waals surface area (Å²) in [6.45, 7) is 1.76. The SMILES string of the molecule is Cc1cccc(C(=O)NCC(=O)N/N=C\c2c[nH]c3ccccc23)c1. The number of hydrazone groups is 1. The molecule has 0 saturated heterocycles. The van der Waals surface area contributed by atoms with Crippen molar-refractivity contribution < 1.29 is 9.59 Å². The van der Waals surface area contributed by atoms with Gasteiger partial charge in [0.05, 0.1) is 12.8 Å². The number of aryl methyl sites for hydroxylation is 1. The molecule has 0 aliphatic carbocycles. The number of aromatic nitrogens is 1. The Kier molecular flexibility index (Phi) is 4.89. The van der Waals surface area contributed by atoms with Crippen LogP contribution in [0.1, 0.15) is 21.5 Å². The molecule has 3 rings (SSSR count). The van der Waals surface area contributed by atoms with Gasteiger partial charge in [0.15, 0.2) is 0 Å². The largest absolute Gasteiger partial charge is 0.361 e. The molecule has 3 aromatic rings. The third-order valence-corrected chi connectivity index (χ3v) is 3.70. The van der Waals surface area contributed by atoms with Gasteiger partial charge in [-0.3, -0.25) is 9.59 Å². The van der Waals surface area contributed by atoms with E-state index in [4.69, 9.17) is 0 Å². The number of hydrogen-bond acceptors (Lipinski definition) is 3. The molecule has 1 aromatic heterocycles. The van der Waals surface area contributed by atoms with Gasteiger partial charge in [-0.25, -0.2) is 5.43 Å². The summed E-state index contributed by atoms with van der Waals surface area (Å²) in [7, 11) is 0. The van der Waals surface area contributed by atoms with Gasteiger partial charge in [-0.1, -0.05) is 35.9 Å². The standard InChI is InChI=1S/C19H18N4O2/c1-13-5-4-6-14(9-13)19(25)21-12-18(24)23-22-11-15-10-20-17-8-3-2-7-16(15)17/h2-11,20H,12H2,1H3,(H,21,25)(H,23,24)/b22-11-. The van der Waals surface area contributed by atoms with E-state index < -0.39 is 5.91 Å². The minimum Gasteiger partial charge on any atom is -0.361 e. The van der Waals surface area contributed by atoms with E-state index in [9.17, 15) is 9.59 Å². The average Bonchev–Trinajstić information content (AvgIpc) is 3.03. The first-order valence-corrected chi connectivity index (χ1v) is 7.86. The maximum Gasteiger partial charge on any atom is 0.259 e. The number of rotatable bonds is 5. The second-order valence-electron chi connectivity index (χ2n) is 5.63. The van der Waals surface area contributed by atoms with Crippen LogP contribution in [0.2, 0.25) is 0 Å². The van der Waals surface area contributed by atoms with Gasteiger partial charge in [0.25, 0.3) is 11.8 Å². The van der Waals surface area contributed by atoms with E-state index in [0.717, 1.165) is 22.0 Å². The highest BCUT2D eigenvalue weighted by atomic mass is 16.2. The molecule has 0 unspecified atom stereocenters. The molecular weight excluding hydrogens is 316 g/mol. The van der Waals surface area contributed by atoms with E-state index in [1.807, 2.05) is 43.5 Å². The number of nitrogens with zero attached hydrogens (tertiary/aromatic N) is 1. The summed E-state index contributed by atoms with van der Waals surface area (Å²) >= 11 is 0. The zero-order chi connectivity index (χ0) is 17.6. The molecule has 6 nitrogen and oxygen atoms in total. The molecule has 3 N–H and O–H groups in total. The molecule has 2 aromatic carbocycles. The van der Waals surface area contributed by atoms with Crippen LogP contribution in [0.25, 0.3) is 10.9 Å². The van der Waals surface area contributed by atoms with Crippen LogP contribution in [0.15, 0.2) is 59.8 Å². The number of carbonyl (C=O) groups excluding carboxylic acids is 2. The van der Waals surface area contributed by atoms with Crippen molar-refractivity contribution in [3.8, 4) is 0 Å². The summed E-state index contributed by atoms with van der Waals surface area (Å²) in [5, 5.41) is 7.52. The Bertz CT molecular complexity index is 943. The smallest absolute Gasteiger partial charge is 0.259 e. The van der Waals surface area contributed by atoms with Crippen LogP contribution in [0.4, 0.5) is 0 Å². The van der Waals surface area contributed by atoms with E-state index in [2.05, 4.69) is 20.8 Å². The summed E-state index contributed by atoms with van der Waals surface area (Å²) in [6, 6.07) is 15.0. The lowest BCUT2D eigenvalue weighted by atomic mass is 10.1. The Labute approximate surface area is 144 Å². The fourth-order valence-corrected chi connectivity index (χ4v) is 2.46. The molecule has 2 amide bonds. The molecule has 1 heterocycles. The number of carbonyl (C=O) groups is 2. The average molecular weight is 334 g/mol. The number of benzene rings is 2. The van der Waals surface area contributed by atoms with Crippen LogP contribution in [-0.4, -0.2) is 29.6 Å². The molecule has 6 heteroatoms. The molecule has 0 fully saturated rings. The van der Waals surface area contributed by atoms with E-state index >= 15 is 0 Å². The van der Waals surface area contributed by atoms with Crippen molar-refractivity contribution in [3.63, 3.8) is 0 Å². The first-order valence-electron chi connectivity index (χ1n) is 7.86. The van der Waals surface area contributed by atoms with Gasteiger partial charge in [0, 0.05) is 28.2 Å². The van der Waals surface area contributed by atoms with Gasteiger partial charge >= 0.3 is 0 Å². The van der Waals surface area contributed by atoms with Crippen LogP contribution < -0.4 is 10.7 Å². The predicted molar refractivity (Wildman–Crippen MR) is 97.5 cm³/mol. The Morgan fingerprint density at radius 3 is 2.84 bits per heavy atom. The van der Waals surface area contributed by atoms with Crippen molar-refractivity contribution in [1.29, 1.82) is 0 Å². The van der Waals surface area contributed by atoms with E-state index in [0.29, 0.717) is 5.56 Å².